The fourth-order valence-electron chi connectivity index (χ4n) is 1.63. The molecule has 6 heteroatoms. The second-order valence-corrected chi connectivity index (χ2v) is 5.35. The lowest BCUT2D eigenvalue weighted by Gasteiger charge is -2.12. The van der Waals surface area contributed by atoms with Gasteiger partial charge in [0, 0.05) is 13.1 Å². The maximum atomic E-state index is 9.74. The fourth-order valence-corrected chi connectivity index (χ4v) is 2.22. The van der Waals surface area contributed by atoms with Crippen LogP contribution >= 0.6 is 11.3 Å². The smallest absolute Gasteiger partial charge is 0.173 e. The van der Waals surface area contributed by atoms with Gasteiger partial charge in [0.2, 0.25) is 0 Å². The number of rotatable bonds is 9. The number of benzene rings is 1. The number of aliphatic hydroxyl groups is 1. The Kier molecular flexibility index (Phi) is 6.33. The van der Waals surface area contributed by atoms with Gasteiger partial charge in [-0.3, -0.25) is 0 Å². The molecule has 3 N–H and O–H groups in total. The molecule has 114 valence electrons. The van der Waals surface area contributed by atoms with Crippen molar-refractivity contribution in [2.75, 3.05) is 26.3 Å². The second kappa shape index (κ2) is 8.51. The maximum Gasteiger partial charge on any atom is 0.173 e. The molecule has 0 spiro atoms. The first-order chi connectivity index (χ1) is 10.2. The summed E-state index contributed by atoms with van der Waals surface area (Å²) in [6.45, 7) is 1.83. The van der Waals surface area contributed by atoms with Crippen molar-refractivity contribution in [2.45, 2.75) is 6.10 Å². The van der Waals surface area contributed by atoms with Crippen LogP contribution in [-0.4, -0.2) is 42.6 Å². The molecule has 1 aromatic heterocycles. The van der Waals surface area contributed by atoms with E-state index in [1.807, 2.05) is 17.5 Å². The SMILES string of the molecule is Oc1ccc(OCCNCC(O)COc2cccs2)cc1. The molecule has 2 rings (SSSR count). The molecule has 0 bridgehead atoms. The number of thiophene rings is 1. The Morgan fingerprint density at radius 3 is 2.67 bits per heavy atom. The summed E-state index contributed by atoms with van der Waals surface area (Å²) in [4.78, 5) is 0. The molecule has 0 saturated heterocycles. The standard InChI is InChI=1S/C15H19NO4S/c17-12-3-5-14(6-4-12)19-8-7-16-10-13(18)11-20-15-2-1-9-21-15/h1-6,9,13,16-18H,7-8,10-11H2. The van der Waals surface area contributed by atoms with E-state index in [0.717, 1.165) is 5.06 Å². The van der Waals surface area contributed by atoms with Gasteiger partial charge in [0.05, 0.1) is 0 Å². The zero-order chi connectivity index (χ0) is 14.9. The van der Waals surface area contributed by atoms with Crippen LogP contribution in [0.15, 0.2) is 41.8 Å². The average molecular weight is 309 g/mol. The van der Waals surface area contributed by atoms with Gasteiger partial charge in [-0.25, -0.2) is 0 Å². The third-order valence-corrected chi connectivity index (χ3v) is 3.46. The van der Waals surface area contributed by atoms with Crippen LogP contribution < -0.4 is 14.8 Å². The molecule has 0 amide bonds. The number of hydrogen-bond acceptors (Lipinski definition) is 6. The summed E-state index contributed by atoms with van der Waals surface area (Å²) in [6.07, 6.45) is -0.555. The lowest BCUT2D eigenvalue weighted by molar-refractivity contribution is 0.107. The van der Waals surface area contributed by atoms with Gasteiger partial charge < -0.3 is 25.0 Å². The zero-order valence-corrected chi connectivity index (χ0v) is 12.4. The van der Waals surface area contributed by atoms with E-state index in [-0.39, 0.29) is 12.4 Å². The normalized spacial score (nSPS) is 12.0. The van der Waals surface area contributed by atoms with Crippen LogP contribution in [0, 0.1) is 0 Å². The molecule has 0 aliphatic rings. The largest absolute Gasteiger partial charge is 0.508 e. The Hall–Kier alpha value is -1.76. The van der Waals surface area contributed by atoms with E-state index < -0.39 is 6.10 Å². The highest BCUT2D eigenvalue weighted by atomic mass is 32.1. The fraction of sp³-hybridized carbons (Fsp3) is 0.333. The van der Waals surface area contributed by atoms with E-state index in [2.05, 4.69) is 5.32 Å². The predicted octanol–water partition coefficient (Wildman–Crippen LogP) is 1.86. The minimum atomic E-state index is -0.555. The van der Waals surface area contributed by atoms with Crippen molar-refractivity contribution >= 4 is 11.3 Å². The van der Waals surface area contributed by atoms with Crippen molar-refractivity contribution in [3.8, 4) is 16.6 Å². The average Bonchev–Trinajstić information content (AvgIpc) is 3.00. The molecule has 0 radical (unpaired) electrons. The summed E-state index contributed by atoms with van der Waals surface area (Å²) in [7, 11) is 0. The summed E-state index contributed by atoms with van der Waals surface area (Å²) in [6, 6.07) is 10.3. The van der Waals surface area contributed by atoms with Crippen molar-refractivity contribution in [1.29, 1.82) is 0 Å². The highest BCUT2D eigenvalue weighted by molar-refractivity contribution is 7.11. The molecular formula is C15H19NO4S. The van der Waals surface area contributed by atoms with Gasteiger partial charge in [-0.2, -0.15) is 0 Å². The van der Waals surface area contributed by atoms with Gasteiger partial charge in [-0.1, -0.05) is 0 Å². The second-order valence-electron chi connectivity index (χ2n) is 4.44. The first-order valence-corrected chi connectivity index (χ1v) is 7.59. The molecular weight excluding hydrogens is 290 g/mol. The summed E-state index contributed by atoms with van der Waals surface area (Å²) < 4.78 is 10.9. The van der Waals surface area contributed by atoms with Gasteiger partial charge in [0.15, 0.2) is 5.06 Å². The molecule has 0 aliphatic heterocycles. The Labute approximate surface area is 127 Å². The summed E-state index contributed by atoms with van der Waals surface area (Å²) in [5, 5.41) is 24.7. The van der Waals surface area contributed by atoms with Crippen LogP contribution in [0.25, 0.3) is 0 Å². The highest BCUT2D eigenvalue weighted by Gasteiger charge is 2.05. The van der Waals surface area contributed by atoms with E-state index in [0.29, 0.717) is 25.4 Å². The first kappa shape index (κ1) is 15.6. The molecule has 0 fully saturated rings. The van der Waals surface area contributed by atoms with E-state index in [1.54, 1.807) is 24.3 Å². The number of ether oxygens (including phenoxy) is 2. The molecule has 0 saturated carbocycles. The summed E-state index contributed by atoms with van der Waals surface area (Å²) in [5.74, 6) is 0.922. The minimum Gasteiger partial charge on any atom is -0.508 e. The lowest BCUT2D eigenvalue weighted by atomic mass is 10.3. The molecule has 1 heterocycles. The van der Waals surface area contributed by atoms with E-state index in [4.69, 9.17) is 14.6 Å². The molecule has 1 aromatic carbocycles. The van der Waals surface area contributed by atoms with E-state index >= 15 is 0 Å². The summed E-state index contributed by atoms with van der Waals surface area (Å²) in [5.41, 5.74) is 0. The van der Waals surface area contributed by atoms with Gasteiger partial charge in [-0.05, 0) is 41.8 Å². The summed E-state index contributed by atoms with van der Waals surface area (Å²) >= 11 is 1.50. The minimum absolute atomic E-state index is 0.217. The van der Waals surface area contributed by atoms with Crippen LogP contribution in [0.1, 0.15) is 0 Å². The molecule has 2 aromatic rings. The van der Waals surface area contributed by atoms with Gasteiger partial charge in [-0.15, -0.1) is 11.3 Å². The Morgan fingerprint density at radius 1 is 1.14 bits per heavy atom. The molecule has 1 unspecified atom stereocenters. The Balaban J connectivity index is 1.52. The van der Waals surface area contributed by atoms with Crippen molar-refractivity contribution in [3.05, 3.63) is 41.8 Å². The number of hydrogen-bond donors (Lipinski definition) is 3. The monoisotopic (exact) mass is 309 g/mol. The van der Waals surface area contributed by atoms with Gasteiger partial charge in [0.25, 0.3) is 0 Å². The van der Waals surface area contributed by atoms with E-state index in [1.165, 1.54) is 11.3 Å². The van der Waals surface area contributed by atoms with Crippen molar-refractivity contribution in [1.82, 2.24) is 5.32 Å². The zero-order valence-electron chi connectivity index (χ0n) is 11.6. The Bertz CT molecular complexity index is 501. The van der Waals surface area contributed by atoms with E-state index in [9.17, 15) is 5.11 Å². The van der Waals surface area contributed by atoms with Crippen LogP contribution in [0.3, 0.4) is 0 Å². The third-order valence-electron chi connectivity index (χ3n) is 2.68. The van der Waals surface area contributed by atoms with Gasteiger partial charge in [0.1, 0.15) is 30.8 Å². The predicted molar refractivity (Wildman–Crippen MR) is 82.3 cm³/mol. The Morgan fingerprint density at radius 2 is 1.95 bits per heavy atom. The quantitative estimate of drug-likeness (QED) is 0.617. The topological polar surface area (TPSA) is 71.0 Å². The van der Waals surface area contributed by atoms with Crippen molar-refractivity contribution < 1.29 is 19.7 Å². The molecule has 0 aliphatic carbocycles. The third kappa shape index (κ3) is 6.03. The van der Waals surface area contributed by atoms with Crippen LogP contribution in [-0.2, 0) is 0 Å². The molecule has 5 nitrogen and oxygen atoms in total. The number of phenolic OH excluding ortho intramolecular Hbond substituents is 1. The number of aromatic hydroxyl groups is 1. The van der Waals surface area contributed by atoms with Crippen LogP contribution in [0.4, 0.5) is 0 Å². The van der Waals surface area contributed by atoms with Gasteiger partial charge >= 0.3 is 0 Å². The lowest BCUT2D eigenvalue weighted by Crippen LogP contribution is -2.33. The van der Waals surface area contributed by atoms with Crippen LogP contribution in [0.5, 0.6) is 16.6 Å². The molecule has 21 heavy (non-hydrogen) atoms. The highest BCUT2D eigenvalue weighted by Crippen LogP contribution is 2.18. The van der Waals surface area contributed by atoms with Crippen molar-refractivity contribution in [3.63, 3.8) is 0 Å². The van der Waals surface area contributed by atoms with Crippen molar-refractivity contribution in [2.24, 2.45) is 0 Å². The van der Waals surface area contributed by atoms with Crippen LogP contribution in [0.2, 0.25) is 0 Å². The first-order valence-electron chi connectivity index (χ1n) is 6.71. The maximum absolute atomic E-state index is 9.74. The number of nitrogens with one attached hydrogen (secondary N) is 1. The number of phenols is 1. The molecule has 1 atom stereocenters. The number of aliphatic hydroxyl groups excluding tert-OH is 1.